The summed E-state index contributed by atoms with van der Waals surface area (Å²) in [7, 11) is 0. The van der Waals surface area contributed by atoms with Crippen LogP contribution in [0.15, 0.2) is 29.1 Å². The van der Waals surface area contributed by atoms with Crippen molar-refractivity contribution in [2.24, 2.45) is 0 Å². The van der Waals surface area contributed by atoms with Crippen LogP contribution in [0.2, 0.25) is 5.02 Å². The Kier molecular flexibility index (Phi) is 4.20. The van der Waals surface area contributed by atoms with Crippen molar-refractivity contribution in [1.29, 1.82) is 5.26 Å². The van der Waals surface area contributed by atoms with Gasteiger partial charge in [-0.1, -0.05) is 11.6 Å². The minimum atomic E-state index is -0.710. The Morgan fingerprint density at radius 3 is 2.68 bits per heavy atom. The van der Waals surface area contributed by atoms with Gasteiger partial charge in [0.1, 0.15) is 17.4 Å². The number of phenolic OH excluding ortho intramolecular Hbond substituents is 1. The maximum absolute atomic E-state index is 12.2. The van der Waals surface area contributed by atoms with Crippen LogP contribution in [0.25, 0.3) is 0 Å². The highest BCUT2D eigenvalue weighted by Crippen LogP contribution is 2.21. The fourth-order valence-electron chi connectivity index (χ4n) is 2.02. The molecule has 0 aliphatic heterocycles. The van der Waals surface area contributed by atoms with Gasteiger partial charge >= 0.3 is 0 Å². The molecule has 7 heteroatoms. The predicted octanol–water partition coefficient (Wildman–Crippen LogP) is 2.08. The van der Waals surface area contributed by atoms with Crippen LogP contribution in [-0.4, -0.2) is 15.7 Å². The molecule has 1 aromatic carbocycles. The number of pyridine rings is 1. The van der Waals surface area contributed by atoms with E-state index in [1.807, 2.05) is 6.07 Å². The Hall–Kier alpha value is -2.78. The third-order valence-corrected chi connectivity index (χ3v) is 3.35. The predicted molar refractivity (Wildman–Crippen MR) is 81.7 cm³/mol. The van der Waals surface area contributed by atoms with E-state index in [2.05, 4.69) is 5.43 Å². The van der Waals surface area contributed by atoms with Gasteiger partial charge in [-0.25, -0.2) is 4.68 Å². The summed E-state index contributed by atoms with van der Waals surface area (Å²) < 4.78 is 0.966. The first-order valence-corrected chi connectivity index (χ1v) is 6.66. The highest BCUT2D eigenvalue weighted by Gasteiger charge is 2.16. The normalized spacial score (nSPS) is 10.1. The van der Waals surface area contributed by atoms with Crippen molar-refractivity contribution in [1.82, 2.24) is 4.68 Å². The lowest BCUT2D eigenvalue weighted by atomic mass is 10.1. The summed E-state index contributed by atoms with van der Waals surface area (Å²) in [5.41, 5.74) is 2.59. The van der Waals surface area contributed by atoms with E-state index in [9.17, 15) is 14.7 Å². The summed E-state index contributed by atoms with van der Waals surface area (Å²) in [6, 6.07) is 7.42. The van der Waals surface area contributed by atoms with Crippen LogP contribution in [0.4, 0.5) is 0 Å². The summed E-state index contributed by atoms with van der Waals surface area (Å²) in [5.74, 6) is -0.974. The van der Waals surface area contributed by atoms with Gasteiger partial charge in [0.25, 0.3) is 11.5 Å². The molecule has 2 rings (SSSR count). The van der Waals surface area contributed by atoms with Crippen LogP contribution in [0.1, 0.15) is 27.2 Å². The molecule has 1 heterocycles. The molecule has 6 nitrogen and oxygen atoms in total. The minimum Gasteiger partial charge on any atom is -0.507 e. The second-order valence-electron chi connectivity index (χ2n) is 4.70. The third kappa shape index (κ3) is 2.80. The zero-order valence-electron chi connectivity index (χ0n) is 11.8. The lowest BCUT2D eigenvalue weighted by molar-refractivity contribution is 0.100. The Labute approximate surface area is 131 Å². The van der Waals surface area contributed by atoms with Crippen molar-refractivity contribution in [3.8, 4) is 11.8 Å². The summed E-state index contributed by atoms with van der Waals surface area (Å²) in [4.78, 5) is 24.4. The van der Waals surface area contributed by atoms with E-state index in [4.69, 9.17) is 16.9 Å². The molecule has 0 saturated heterocycles. The summed E-state index contributed by atoms with van der Waals surface area (Å²) in [6.07, 6.45) is 0. The van der Waals surface area contributed by atoms with Gasteiger partial charge < -0.3 is 5.11 Å². The third-order valence-electron chi connectivity index (χ3n) is 3.12. The van der Waals surface area contributed by atoms with Gasteiger partial charge in [-0.15, -0.1) is 0 Å². The van der Waals surface area contributed by atoms with E-state index in [0.29, 0.717) is 11.3 Å². The van der Waals surface area contributed by atoms with Crippen molar-refractivity contribution in [3.05, 3.63) is 62.0 Å². The van der Waals surface area contributed by atoms with Gasteiger partial charge in [0.15, 0.2) is 0 Å². The molecule has 22 heavy (non-hydrogen) atoms. The van der Waals surface area contributed by atoms with Crippen molar-refractivity contribution in [2.75, 3.05) is 5.43 Å². The molecular formula is C15H12ClN3O3. The standard InChI is InChI=1S/C15H12ClN3O3/c1-8-5-9(2)19(15(22)12(8)7-17)18-14(21)11-6-10(16)3-4-13(11)20/h3-6,20H,1-2H3,(H,18,21). The van der Waals surface area contributed by atoms with E-state index >= 15 is 0 Å². The molecular weight excluding hydrogens is 306 g/mol. The highest BCUT2D eigenvalue weighted by molar-refractivity contribution is 6.31. The van der Waals surface area contributed by atoms with Gasteiger partial charge in [0.05, 0.1) is 5.56 Å². The van der Waals surface area contributed by atoms with Crippen molar-refractivity contribution >= 4 is 17.5 Å². The number of benzene rings is 1. The van der Waals surface area contributed by atoms with Crippen LogP contribution < -0.4 is 11.0 Å². The van der Waals surface area contributed by atoms with Crippen LogP contribution >= 0.6 is 11.6 Å². The molecule has 2 N–H and O–H groups in total. The maximum atomic E-state index is 12.2. The van der Waals surface area contributed by atoms with Crippen LogP contribution in [0.3, 0.4) is 0 Å². The number of carbonyl (C=O) groups is 1. The number of nitriles is 1. The topological polar surface area (TPSA) is 95.1 Å². The molecule has 0 unspecified atom stereocenters. The molecule has 2 aromatic rings. The fraction of sp³-hybridized carbons (Fsp3) is 0.133. The largest absolute Gasteiger partial charge is 0.507 e. The smallest absolute Gasteiger partial charge is 0.287 e. The van der Waals surface area contributed by atoms with Crippen LogP contribution in [0, 0.1) is 25.2 Å². The number of carbonyl (C=O) groups excluding carboxylic acids is 1. The second-order valence-corrected chi connectivity index (χ2v) is 5.13. The van der Waals surface area contributed by atoms with Crippen molar-refractivity contribution < 1.29 is 9.90 Å². The number of rotatable bonds is 2. The molecule has 1 amide bonds. The first-order valence-electron chi connectivity index (χ1n) is 6.28. The molecule has 0 saturated carbocycles. The number of aryl methyl sites for hydroxylation is 2. The summed E-state index contributed by atoms with van der Waals surface area (Å²) in [6.45, 7) is 3.26. The Balaban J connectivity index is 2.48. The number of halogens is 1. The van der Waals surface area contributed by atoms with E-state index in [-0.39, 0.29) is 21.9 Å². The fourth-order valence-corrected chi connectivity index (χ4v) is 2.19. The number of hydrogen-bond acceptors (Lipinski definition) is 4. The molecule has 0 radical (unpaired) electrons. The van der Waals surface area contributed by atoms with Crippen molar-refractivity contribution in [3.63, 3.8) is 0 Å². The minimum absolute atomic E-state index is 0.0544. The Bertz CT molecular complexity index is 866. The SMILES string of the molecule is Cc1cc(C)n(NC(=O)c2cc(Cl)ccc2O)c(=O)c1C#N. The number of phenols is 1. The van der Waals surface area contributed by atoms with Crippen LogP contribution in [-0.2, 0) is 0 Å². The first-order chi connectivity index (χ1) is 10.3. The Morgan fingerprint density at radius 1 is 1.36 bits per heavy atom. The quantitative estimate of drug-likeness (QED) is 0.886. The average Bonchev–Trinajstić information content (AvgIpc) is 2.46. The molecule has 0 aliphatic rings. The molecule has 0 atom stereocenters. The number of nitrogens with one attached hydrogen (secondary N) is 1. The lowest BCUT2D eigenvalue weighted by Crippen LogP contribution is -2.36. The van der Waals surface area contributed by atoms with Crippen LogP contribution in [0.5, 0.6) is 5.75 Å². The van der Waals surface area contributed by atoms with Crippen molar-refractivity contribution in [2.45, 2.75) is 13.8 Å². The van der Waals surface area contributed by atoms with Gasteiger partial charge in [-0.2, -0.15) is 5.26 Å². The number of nitrogens with zero attached hydrogens (tertiary/aromatic N) is 2. The van der Waals surface area contributed by atoms with E-state index in [1.54, 1.807) is 19.9 Å². The van der Waals surface area contributed by atoms with Gasteiger partial charge in [-0.05, 0) is 43.7 Å². The monoisotopic (exact) mass is 317 g/mol. The van der Waals surface area contributed by atoms with Gasteiger partial charge in [-0.3, -0.25) is 15.0 Å². The molecule has 0 aliphatic carbocycles. The zero-order valence-corrected chi connectivity index (χ0v) is 12.6. The number of hydrogen-bond donors (Lipinski definition) is 2. The van der Waals surface area contributed by atoms with E-state index in [0.717, 1.165) is 4.68 Å². The second kappa shape index (κ2) is 5.92. The van der Waals surface area contributed by atoms with Gasteiger partial charge in [0.2, 0.25) is 0 Å². The van der Waals surface area contributed by atoms with E-state index < -0.39 is 11.5 Å². The van der Waals surface area contributed by atoms with Gasteiger partial charge in [0, 0.05) is 10.7 Å². The molecule has 1 aromatic heterocycles. The lowest BCUT2D eigenvalue weighted by Gasteiger charge is -2.13. The molecule has 0 bridgehead atoms. The summed E-state index contributed by atoms with van der Waals surface area (Å²) in [5, 5.41) is 19.0. The first kappa shape index (κ1) is 15.6. The number of aromatic hydroxyl groups is 1. The zero-order chi connectivity index (χ0) is 16.4. The average molecular weight is 318 g/mol. The molecule has 0 spiro atoms. The molecule has 112 valence electrons. The number of aromatic nitrogens is 1. The number of amides is 1. The summed E-state index contributed by atoms with van der Waals surface area (Å²) >= 11 is 5.79. The van der Waals surface area contributed by atoms with E-state index in [1.165, 1.54) is 18.2 Å². The maximum Gasteiger partial charge on any atom is 0.287 e. The molecule has 0 fully saturated rings. The highest BCUT2D eigenvalue weighted by atomic mass is 35.5. The Morgan fingerprint density at radius 2 is 2.05 bits per heavy atom.